The molecular weight excluding hydrogens is 220 g/mol. The molecule has 1 amide bonds. The molecule has 0 fully saturated rings. The van der Waals surface area contributed by atoms with Crippen LogP contribution < -0.4 is 5.32 Å². The van der Waals surface area contributed by atoms with Crippen molar-refractivity contribution >= 4 is 5.91 Å². The Morgan fingerprint density at radius 1 is 1.47 bits per heavy atom. The SMILES string of the molecule is Cc1noc(C)c1C(=O)NCCc1ccco1. The molecule has 1 N–H and O–H groups in total. The molecule has 0 aliphatic rings. The van der Waals surface area contributed by atoms with Crippen LogP contribution in [0.4, 0.5) is 0 Å². The second kappa shape index (κ2) is 4.86. The van der Waals surface area contributed by atoms with Crippen molar-refractivity contribution < 1.29 is 13.7 Å². The van der Waals surface area contributed by atoms with Crippen LogP contribution in [0.25, 0.3) is 0 Å². The summed E-state index contributed by atoms with van der Waals surface area (Å²) in [5.74, 6) is 1.23. The Morgan fingerprint density at radius 2 is 2.29 bits per heavy atom. The first-order valence-electron chi connectivity index (χ1n) is 5.42. The van der Waals surface area contributed by atoms with E-state index >= 15 is 0 Å². The van der Waals surface area contributed by atoms with E-state index in [-0.39, 0.29) is 5.91 Å². The molecule has 0 unspecified atom stereocenters. The second-order valence-electron chi connectivity index (χ2n) is 3.78. The van der Waals surface area contributed by atoms with Gasteiger partial charge in [0.05, 0.1) is 12.0 Å². The molecule has 17 heavy (non-hydrogen) atoms. The van der Waals surface area contributed by atoms with Crippen LogP contribution in [-0.2, 0) is 6.42 Å². The monoisotopic (exact) mass is 234 g/mol. The molecule has 0 spiro atoms. The number of nitrogens with zero attached hydrogens (tertiary/aromatic N) is 1. The van der Waals surface area contributed by atoms with Gasteiger partial charge in [-0.15, -0.1) is 0 Å². The number of furan rings is 1. The summed E-state index contributed by atoms with van der Waals surface area (Å²) >= 11 is 0. The van der Waals surface area contributed by atoms with Crippen LogP contribution in [0, 0.1) is 13.8 Å². The number of hydrogen-bond donors (Lipinski definition) is 1. The van der Waals surface area contributed by atoms with Gasteiger partial charge in [-0.25, -0.2) is 0 Å². The predicted octanol–water partition coefficient (Wildman–Crippen LogP) is 1.86. The Hall–Kier alpha value is -2.04. The fourth-order valence-electron chi connectivity index (χ4n) is 1.65. The highest BCUT2D eigenvalue weighted by molar-refractivity contribution is 5.96. The minimum Gasteiger partial charge on any atom is -0.469 e. The number of rotatable bonds is 4. The van der Waals surface area contributed by atoms with Gasteiger partial charge in [0.1, 0.15) is 17.1 Å². The van der Waals surface area contributed by atoms with E-state index < -0.39 is 0 Å². The van der Waals surface area contributed by atoms with E-state index in [2.05, 4.69) is 10.5 Å². The summed E-state index contributed by atoms with van der Waals surface area (Å²) in [7, 11) is 0. The molecule has 2 aromatic rings. The molecule has 2 heterocycles. The largest absolute Gasteiger partial charge is 0.469 e. The third-order valence-electron chi connectivity index (χ3n) is 2.50. The molecule has 0 atom stereocenters. The molecule has 0 aliphatic carbocycles. The zero-order valence-electron chi connectivity index (χ0n) is 9.82. The molecule has 5 nitrogen and oxygen atoms in total. The van der Waals surface area contributed by atoms with E-state index in [1.807, 2.05) is 12.1 Å². The van der Waals surface area contributed by atoms with E-state index in [0.29, 0.717) is 30.0 Å². The van der Waals surface area contributed by atoms with Crippen LogP contribution in [0.5, 0.6) is 0 Å². The van der Waals surface area contributed by atoms with Gasteiger partial charge in [0.15, 0.2) is 0 Å². The maximum absolute atomic E-state index is 11.8. The Balaban J connectivity index is 1.90. The van der Waals surface area contributed by atoms with Gasteiger partial charge in [0.2, 0.25) is 0 Å². The third-order valence-corrected chi connectivity index (χ3v) is 2.50. The maximum atomic E-state index is 11.8. The highest BCUT2D eigenvalue weighted by Gasteiger charge is 2.16. The van der Waals surface area contributed by atoms with Crippen LogP contribution in [-0.4, -0.2) is 17.6 Å². The standard InChI is InChI=1S/C12H14N2O3/c1-8-11(9(2)17-14-8)12(15)13-6-5-10-4-3-7-16-10/h3-4,7H,5-6H2,1-2H3,(H,13,15). The van der Waals surface area contributed by atoms with Crippen LogP contribution in [0.2, 0.25) is 0 Å². The first kappa shape index (κ1) is 11.4. The minimum atomic E-state index is -0.159. The van der Waals surface area contributed by atoms with Gasteiger partial charge in [-0.3, -0.25) is 4.79 Å². The molecule has 0 radical (unpaired) electrons. The van der Waals surface area contributed by atoms with Crippen LogP contribution in [0.1, 0.15) is 27.6 Å². The van der Waals surface area contributed by atoms with Gasteiger partial charge in [-0.1, -0.05) is 5.16 Å². The lowest BCUT2D eigenvalue weighted by Crippen LogP contribution is -2.26. The molecule has 0 bridgehead atoms. The van der Waals surface area contributed by atoms with Gasteiger partial charge in [0, 0.05) is 13.0 Å². The van der Waals surface area contributed by atoms with Crippen molar-refractivity contribution in [1.29, 1.82) is 0 Å². The van der Waals surface area contributed by atoms with Gasteiger partial charge in [-0.05, 0) is 26.0 Å². The fraction of sp³-hybridized carbons (Fsp3) is 0.333. The number of aryl methyl sites for hydroxylation is 2. The normalized spacial score (nSPS) is 10.5. The minimum absolute atomic E-state index is 0.159. The topological polar surface area (TPSA) is 68.3 Å². The first-order valence-corrected chi connectivity index (χ1v) is 5.42. The molecule has 0 saturated carbocycles. The molecule has 0 aromatic carbocycles. The highest BCUT2D eigenvalue weighted by atomic mass is 16.5. The quantitative estimate of drug-likeness (QED) is 0.876. The summed E-state index contributed by atoms with van der Waals surface area (Å²) in [6, 6.07) is 3.70. The lowest BCUT2D eigenvalue weighted by Gasteiger charge is -2.02. The fourth-order valence-corrected chi connectivity index (χ4v) is 1.65. The number of hydrogen-bond acceptors (Lipinski definition) is 4. The van der Waals surface area contributed by atoms with Gasteiger partial charge >= 0.3 is 0 Å². The molecule has 0 aliphatic heterocycles. The Morgan fingerprint density at radius 3 is 2.88 bits per heavy atom. The van der Waals surface area contributed by atoms with Crippen LogP contribution >= 0.6 is 0 Å². The highest BCUT2D eigenvalue weighted by Crippen LogP contribution is 2.11. The zero-order chi connectivity index (χ0) is 12.3. The van der Waals surface area contributed by atoms with Gasteiger partial charge in [0.25, 0.3) is 5.91 Å². The summed E-state index contributed by atoms with van der Waals surface area (Å²) in [6.07, 6.45) is 2.29. The van der Waals surface area contributed by atoms with Crippen LogP contribution in [0.3, 0.4) is 0 Å². The second-order valence-corrected chi connectivity index (χ2v) is 3.78. The molecule has 2 rings (SSSR count). The first-order chi connectivity index (χ1) is 8.18. The summed E-state index contributed by atoms with van der Waals surface area (Å²) in [5, 5.41) is 6.55. The Labute approximate surface area is 98.8 Å². The van der Waals surface area contributed by atoms with E-state index in [1.54, 1.807) is 20.1 Å². The van der Waals surface area contributed by atoms with E-state index in [0.717, 1.165) is 5.76 Å². The van der Waals surface area contributed by atoms with Crippen molar-refractivity contribution in [2.45, 2.75) is 20.3 Å². The lowest BCUT2D eigenvalue weighted by atomic mass is 10.2. The van der Waals surface area contributed by atoms with E-state index in [1.165, 1.54) is 0 Å². The van der Waals surface area contributed by atoms with E-state index in [4.69, 9.17) is 8.94 Å². The average Bonchev–Trinajstić information content (AvgIpc) is 2.89. The van der Waals surface area contributed by atoms with Crippen molar-refractivity contribution in [3.05, 3.63) is 41.2 Å². The van der Waals surface area contributed by atoms with Crippen molar-refractivity contribution in [2.24, 2.45) is 0 Å². The number of nitrogens with one attached hydrogen (secondary N) is 1. The Kier molecular flexibility index (Phi) is 3.27. The zero-order valence-corrected chi connectivity index (χ0v) is 9.82. The third kappa shape index (κ3) is 2.55. The number of carbonyl (C=O) groups is 1. The van der Waals surface area contributed by atoms with Gasteiger partial charge < -0.3 is 14.3 Å². The van der Waals surface area contributed by atoms with Crippen molar-refractivity contribution in [3.8, 4) is 0 Å². The van der Waals surface area contributed by atoms with Crippen molar-refractivity contribution in [3.63, 3.8) is 0 Å². The molecule has 5 heteroatoms. The molecule has 90 valence electrons. The number of amides is 1. The van der Waals surface area contributed by atoms with Crippen molar-refractivity contribution in [2.75, 3.05) is 6.54 Å². The van der Waals surface area contributed by atoms with Crippen molar-refractivity contribution in [1.82, 2.24) is 10.5 Å². The summed E-state index contributed by atoms with van der Waals surface area (Å²) in [5.41, 5.74) is 1.13. The number of aromatic nitrogens is 1. The Bertz CT molecular complexity index is 480. The number of carbonyl (C=O) groups excluding carboxylic acids is 1. The summed E-state index contributed by atoms with van der Waals surface area (Å²) < 4.78 is 10.1. The van der Waals surface area contributed by atoms with Crippen LogP contribution in [0.15, 0.2) is 27.3 Å². The maximum Gasteiger partial charge on any atom is 0.256 e. The summed E-state index contributed by atoms with van der Waals surface area (Å²) in [6.45, 7) is 4.00. The molecule has 2 aromatic heterocycles. The smallest absolute Gasteiger partial charge is 0.256 e. The van der Waals surface area contributed by atoms with E-state index in [9.17, 15) is 4.79 Å². The predicted molar refractivity (Wildman–Crippen MR) is 60.7 cm³/mol. The average molecular weight is 234 g/mol. The molecular formula is C12H14N2O3. The molecule has 0 saturated heterocycles. The van der Waals surface area contributed by atoms with Gasteiger partial charge in [-0.2, -0.15) is 0 Å². The summed E-state index contributed by atoms with van der Waals surface area (Å²) in [4.78, 5) is 11.8. The lowest BCUT2D eigenvalue weighted by molar-refractivity contribution is 0.0951.